The molecule has 0 unspecified atom stereocenters. The number of aromatic nitrogens is 3. The van der Waals surface area contributed by atoms with Crippen LogP contribution < -0.4 is 4.90 Å². The van der Waals surface area contributed by atoms with Gasteiger partial charge in [0.05, 0.1) is 0 Å². The van der Waals surface area contributed by atoms with Crippen molar-refractivity contribution < 1.29 is 0 Å². The first-order chi connectivity index (χ1) is 26.8. The molecule has 0 saturated carbocycles. The van der Waals surface area contributed by atoms with Crippen molar-refractivity contribution in [2.75, 3.05) is 4.90 Å². The third-order valence-electron chi connectivity index (χ3n) is 9.77. The molecule has 0 atom stereocenters. The molecule has 8 aromatic carbocycles. The zero-order valence-corrected chi connectivity index (χ0v) is 29.6. The van der Waals surface area contributed by atoms with Crippen molar-refractivity contribution in [1.29, 1.82) is 0 Å². The Labute approximate surface area is 315 Å². The quantitative estimate of drug-likeness (QED) is 0.151. The lowest BCUT2D eigenvalue weighted by Crippen LogP contribution is -2.09. The van der Waals surface area contributed by atoms with Gasteiger partial charge in [0.15, 0.2) is 11.6 Å². The highest BCUT2D eigenvalue weighted by Crippen LogP contribution is 2.41. The maximum absolute atomic E-state index is 4.71. The topological polar surface area (TPSA) is 34.0 Å². The molecule has 0 bridgehead atoms. The van der Waals surface area contributed by atoms with Crippen molar-refractivity contribution in [3.05, 3.63) is 218 Å². The Morgan fingerprint density at radius 1 is 0.278 bits per heavy atom. The van der Waals surface area contributed by atoms with Gasteiger partial charge in [-0.15, -0.1) is 10.2 Å². The Balaban J connectivity index is 1.07. The molecule has 4 heteroatoms. The molecule has 256 valence electrons. The summed E-state index contributed by atoms with van der Waals surface area (Å²) in [7, 11) is 0. The average molecular weight is 693 g/mol. The highest BCUT2D eigenvalue weighted by atomic mass is 15.3. The van der Waals surface area contributed by atoms with Crippen molar-refractivity contribution in [2.45, 2.75) is 0 Å². The van der Waals surface area contributed by atoms with Crippen molar-refractivity contribution >= 4 is 17.1 Å². The van der Waals surface area contributed by atoms with Crippen LogP contribution in [0.25, 0.3) is 61.8 Å². The molecule has 0 radical (unpaired) electrons. The van der Waals surface area contributed by atoms with Crippen LogP contribution in [-0.2, 0) is 0 Å². The van der Waals surface area contributed by atoms with E-state index in [1.165, 1.54) is 22.3 Å². The van der Waals surface area contributed by atoms with Gasteiger partial charge in [-0.05, 0) is 81.9 Å². The summed E-state index contributed by atoms with van der Waals surface area (Å²) in [6.07, 6.45) is 0. The second-order valence-corrected chi connectivity index (χ2v) is 13.1. The minimum absolute atomic E-state index is 0.798. The highest BCUT2D eigenvalue weighted by molar-refractivity contribution is 5.92. The lowest BCUT2D eigenvalue weighted by atomic mass is 9.89. The molecule has 0 N–H and O–H groups in total. The van der Waals surface area contributed by atoms with Crippen molar-refractivity contribution in [3.63, 3.8) is 0 Å². The molecular formula is C50H36N4. The predicted molar refractivity (Wildman–Crippen MR) is 223 cm³/mol. The van der Waals surface area contributed by atoms with E-state index in [0.29, 0.717) is 0 Å². The molecule has 0 spiro atoms. The second-order valence-electron chi connectivity index (χ2n) is 13.1. The lowest BCUT2D eigenvalue weighted by Gasteiger charge is -2.25. The number of para-hydroxylation sites is 3. The molecule has 54 heavy (non-hydrogen) atoms. The summed E-state index contributed by atoms with van der Waals surface area (Å²) in [4.78, 5) is 2.29. The maximum Gasteiger partial charge on any atom is 0.168 e. The summed E-state index contributed by atoms with van der Waals surface area (Å²) in [5, 5.41) is 9.38. The fourth-order valence-electron chi connectivity index (χ4n) is 7.20. The molecule has 0 fully saturated rings. The molecule has 0 saturated heterocycles. The van der Waals surface area contributed by atoms with E-state index in [1.54, 1.807) is 0 Å². The zero-order valence-electron chi connectivity index (χ0n) is 29.6. The summed E-state index contributed by atoms with van der Waals surface area (Å²) in [5.41, 5.74) is 13.4. The van der Waals surface area contributed by atoms with E-state index in [1.807, 2.05) is 36.4 Å². The third-order valence-corrected chi connectivity index (χ3v) is 9.77. The first-order valence-electron chi connectivity index (χ1n) is 18.2. The number of hydrogen-bond donors (Lipinski definition) is 0. The Morgan fingerprint density at radius 3 is 1.09 bits per heavy atom. The average Bonchev–Trinajstić information content (AvgIpc) is 3.71. The summed E-state index contributed by atoms with van der Waals surface area (Å²) < 4.78 is 2.14. The molecule has 1 aromatic heterocycles. The van der Waals surface area contributed by atoms with E-state index in [-0.39, 0.29) is 0 Å². The Kier molecular flexibility index (Phi) is 8.90. The zero-order chi connectivity index (χ0) is 36.1. The van der Waals surface area contributed by atoms with E-state index < -0.39 is 0 Å². The molecule has 0 aliphatic rings. The summed E-state index contributed by atoms with van der Waals surface area (Å²) in [5.74, 6) is 1.61. The molecule has 1 heterocycles. The summed E-state index contributed by atoms with van der Waals surface area (Å²) in [6.45, 7) is 0. The van der Waals surface area contributed by atoms with Crippen molar-refractivity contribution in [2.24, 2.45) is 0 Å². The standard InChI is InChI=1S/C50H36N4/c1-5-17-39(18-6-1)49-51-52-50(54(49)43-23-11-4-12-24-43)40-31-29-37(30-32-40)45-25-13-15-27-47(45)48-28-16-14-26-46(48)38-33-35-44(36-34-38)53(41-19-7-2-8-20-41)42-21-9-3-10-22-42/h1-36H. The largest absolute Gasteiger partial charge is 0.311 e. The Bertz CT molecular complexity index is 2580. The lowest BCUT2D eigenvalue weighted by molar-refractivity contribution is 1.07. The fraction of sp³-hybridized carbons (Fsp3) is 0. The number of anilines is 3. The van der Waals surface area contributed by atoms with Gasteiger partial charge in [0.25, 0.3) is 0 Å². The smallest absolute Gasteiger partial charge is 0.168 e. The highest BCUT2D eigenvalue weighted by Gasteiger charge is 2.19. The normalized spacial score (nSPS) is 11.0. The van der Waals surface area contributed by atoms with Crippen molar-refractivity contribution in [3.8, 4) is 61.8 Å². The SMILES string of the molecule is c1ccc(-c2nnc(-c3ccc(-c4ccccc4-c4ccccc4-c4ccc(N(c5ccccc5)c5ccccc5)cc4)cc3)n2-c2ccccc2)cc1. The van der Waals surface area contributed by atoms with Crippen LogP contribution in [0, 0.1) is 0 Å². The van der Waals surface area contributed by atoms with E-state index >= 15 is 0 Å². The molecule has 9 rings (SSSR count). The van der Waals surface area contributed by atoms with Crippen LogP contribution in [0.4, 0.5) is 17.1 Å². The van der Waals surface area contributed by atoms with E-state index in [2.05, 4.69) is 197 Å². The number of hydrogen-bond acceptors (Lipinski definition) is 3. The maximum atomic E-state index is 4.71. The number of nitrogens with zero attached hydrogens (tertiary/aromatic N) is 4. The first kappa shape index (κ1) is 32.6. The Morgan fingerprint density at radius 2 is 0.611 bits per heavy atom. The van der Waals surface area contributed by atoms with Crippen LogP contribution >= 0.6 is 0 Å². The van der Waals surface area contributed by atoms with Gasteiger partial charge < -0.3 is 4.90 Å². The first-order valence-corrected chi connectivity index (χ1v) is 18.2. The van der Waals surface area contributed by atoms with Gasteiger partial charge in [-0.3, -0.25) is 4.57 Å². The molecule has 0 aliphatic carbocycles. The number of benzene rings is 8. The van der Waals surface area contributed by atoms with E-state index in [9.17, 15) is 0 Å². The van der Waals surface area contributed by atoms with Gasteiger partial charge in [0.2, 0.25) is 0 Å². The van der Waals surface area contributed by atoms with Crippen LogP contribution in [0.15, 0.2) is 218 Å². The third kappa shape index (κ3) is 6.38. The fourth-order valence-corrected chi connectivity index (χ4v) is 7.20. The van der Waals surface area contributed by atoms with Gasteiger partial charge in [0.1, 0.15) is 0 Å². The van der Waals surface area contributed by atoms with Gasteiger partial charge >= 0.3 is 0 Å². The second kappa shape index (κ2) is 14.7. The van der Waals surface area contributed by atoms with Crippen LogP contribution in [0.3, 0.4) is 0 Å². The van der Waals surface area contributed by atoms with Crippen LogP contribution in [0.2, 0.25) is 0 Å². The summed E-state index contributed by atoms with van der Waals surface area (Å²) >= 11 is 0. The molecular weight excluding hydrogens is 657 g/mol. The van der Waals surface area contributed by atoms with Gasteiger partial charge in [-0.25, -0.2) is 0 Å². The number of rotatable bonds is 9. The van der Waals surface area contributed by atoms with Gasteiger partial charge in [-0.1, -0.05) is 170 Å². The minimum atomic E-state index is 0.798. The molecule has 0 amide bonds. The van der Waals surface area contributed by atoms with E-state index in [4.69, 9.17) is 5.10 Å². The molecule has 4 nitrogen and oxygen atoms in total. The van der Waals surface area contributed by atoms with Crippen LogP contribution in [0.1, 0.15) is 0 Å². The Hall–Kier alpha value is -7.30. The van der Waals surface area contributed by atoms with E-state index in [0.717, 1.165) is 56.7 Å². The minimum Gasteiger partial charge on any atom is -0.311 e. The predicted octanol–water partition coefficient (Wildman–Crippen LogP) is 13.1. The molecule has 9 aromatic rings. The van der Waals surface area contributed by atoms with Crippen LogP contribution in [-0.4, -0.2) is 14.8 Å². The van der Waals surface area contributed by atoms with Crippen LogP contribution in [0.5, 0.6) is 0 Å². The van der Waals surface area contributed by atoms with Gasteiger partial charge in [0, 0.05) is 33.9 Å². The molecule has 0 aliphatic heterocycles. The van der Waals surface area contributed by atoms with Crippen molar-refractivity contribution in [1.82, 2.24) is 14.8 Å². The monoisotopic (exact) mass is 692 g/mol. The summed E-state index contributed by atoms with van der Waals surface area (Å²) in [6, 6.07) is 76.5. The van der Waals surface area contributed by atoms with Gasteiger partial charge in [-0.2, -0.15) is 0 Å².